The molecule has 0 aromatic heterocycles. The Morgan fingerprint density at radius 1 is 1.11 bits per heavy atom. The van der Waals surface area contributed by atoms with Gasteiger partial charge in [-0.05, 0) is 12.1 Å². The van der Waals surface area contributed by atoms with Crippen molar-refractivity contribution in [2.75, 3.05) is 5.73 Å². The Morgan fingerprint density at radius 3 is 1.84 bits per heavy atom. The number of benzene rings is 1. The van der Waals surface area contributed by atoms with Crippen molar-refractivity contribution in [3.8, 4) is 0 Å². The first kappa shape index (κ1) is 15.1. The number of para-hydroxylation sites is 1. The zero-order valence-corrected chi connectivity index (χ0v) is 10.5. The summed E-state index contributed by atoms with van der Waals surface area (Å²) >= 11 is 0. The van der Waals surface area contributed by atoms with Gasteiger partial charge in [0.1, 0.15) is 4.90 Å². The highest BCUT2D eigenvalue weighted by Gasteiger charge is 2.26. The fourth-order valence-corrected chi connectivity index (χ4v) is 1.90. The summed E-state index contributed by atoms with van der Waals surface area (Å²) in [5.41, 5.74) is 5.32. The topological polar surface area (TPSA) is 138 Å². The number of rotatable bonds is 1. The molecule has 0 saturated carbocycles. The summed E-state index contributed by atoms with van der Waals surface area (Å²) in [6.07, 6.45) is 0.296. The van der Waals surface area contributed by atoms with E-state index in [1.807, 2.05) is 0 Å². The van der Waals surface area contributed by atoms with Gasteiger partial charge in [0.15, 0.2) is 0 Å². The van der Waals surface area contributed by atoms with Crippen LogP contribution in [0.15, 0.2) is 29.2 Å². The molecule has 2 rings (SSSR count). The number of hydrogen-bond acceptors (Lipinski definition) is 6. The Hall–Kier alpha value is -1.97. The zero-order chi connectivity index (χ0) is 14.6. The van der Waals surface area contributed by atoms with Crippen molar-refractivity contribution in [3.05, 3.63) is 24.3 Å². The third kappa shape index (κ3) is 4.02. The van der Waals surface area contributed by atoms with E-state index < -0.39 is 21.9 Å². The molecule has 0 aliphatic carbocycles. The van der Waals surface area contributed by atoms with Crippen LogP contribution in [0, 0.1) is 0 Å². The molecule has 2 amide bonds. The number of nitrogens with zero attached hydrogens (tertiary/aromatic N) is 1. The molecule has 1 saturated heterocycles. The van der Waals surface area contributed by atoms with Gasteiger partial charge in [-0.1, -0.05) is 12.1 Å². The summed E-state index contributed by atoms with van der Waals surface area (Å²) < 4.78 is 29.6. The summed E-state index contributed by atoms with van der Waals surface area (Å²) in [6, 6.07) is 5.72. The predicted molar refractivity (Wildman–Crippen MR) is 63.5 cm³/mol. The van der Waals surface area contributed by atoms with Crippen LogP contribution in [0.1, 0.15) is 12.8 Å². The summed E-state index contributed by atoms with van der Waals surface area (Å²) in [4.78, 5) is 20.2. The molecule has 1 aromatic carbocycles. The van der Waals surface area contributed by atoms with Crippen LogP contribution in [0.5, 0.6) is 0 Å². The Kier molecular flexibility index (Phi) is 4.59. The molecule has 9 heteroatoms. The minimum atomic E-state index is -4.16. The molecule has 0 atom stereocenters. The molecule has 0 unspecified atom stereocenters. The second-order valence-corrected chi connectivity index (χ2v) is 5.00. The van der Waals surface area contributed by atoms with Gasteiger partial charge in [-0.15, -0.1) is 0 Å². The van der Waals surface area contributed by atoms with Crippen LogP contribution in [0.25, 0.3) is 0 Å². The van der Waals surface area contributed by atoms with Gasteiger partial charge in [-0.25, -0.2) is 0 Å². The highest BCUT2D eigenvalue weighted by molar-refractivity contribution is 7.86. The van der Waals surface area contributed by atoms with Gasteiger partial charge in [-0.3, -0.25) is 19.3 Å². The van der Waals surface area contributed by atoms with Gasteiger partial charge in [0.2, 0.25) is 0 Å². The number of imide groups is 1. The first-order chi connectivity index (χ1) is 8.73. The van der Waals surface area contributed by atoms with Crippen LogP contribution in [-0.4, -0.2) is 35.1 Å². The first-order valence-corrected chi connectivity index (χ1v) is 6.54. The number of nitrogen functional groups attached to an aromatic ring is 1. The molecule has 1 aliphatic heterocycles. The lowest BCUT2D eigenvalue weighted by Crippen LogP contribution is -2.24. The van der Waals surface area contributed by atoms with Crippen molar-refractivity contribution < 1.29 is 27.8 Å². The molecule has 0 spiro atoms. The summed E-state index contributed by atoms with van der Waals surface area (Å²) in [5, 5.41) is 8.57. The average Bonchev–Trinajstić information content (AvgIpc) is 2.61. The molecule has 1 heterocycles. The van der Waals surface area contributed by atoms with E-state index >= 15 is 0 Å². The van der Waals surface area contributed by atoms with Crippen LogP contribution < -0.4 is 5.73 Å². The van der Waals surface area contributed by atoms with Crippen molar-refractivity contribution in [1.82, 2.24) is 5.06 Å². The smallest absolute Gasteiger partial charge is 0.296 e. The second kappa shape index (κ2) is 5.78. The molecule has 1 aliphatic rings. The lowest BCUT2D eigenvalue weighted by Gasteiger charge is -1.98. The Bertz CT molecular complexity index is 582. The third-order valence-electron chi connectivity index (χ3n) is 2.22. The number of hydroxylamine groups is 2. The van der Waals surface area contributed by atoms with Gasteiger partial charge < -0.3 is 5.73 Å². The van der Waals surface area contributed by atoms with Crippen molar-refractivity contribution in [1.29, 1.82) is 0 Å². The Morgan fingerprint density at radius 2 is 1.58 bits per heavy atom. The van der Waals surface area contributed by atoms with Crippen molar-refractivity contribution in [2.45, 2.75) is 17.7 Å². The van der Waals surface area contributed by atoms with Crippen molar-refractivity contribution in [3.63, 3.8) is 0 Å². The molecule has 1 fully saturated rings. The van der Waals surface area contributed by atoms with E-state index in [2.05, 4.69) is 0 Å². The van der Waals surface area contributed by atoms with Gasteiger partial charge >= 0.3 is 0 Å². The molecule has 104 valence electrons. The van der Waals surface area contributed by atoms with E-state index in [9.17, 15) is 18.0 Å². The van der Waals surface area contributed by atoms with E-state index in [0.29, 0.717) is 0 Å². The van der Waals surface area contributed by atoms with Gasteiger partial charge in [0.25, 0.3) is 21.9 Å². The van der Waals surface area contributed by atoms with E-state index in [-0.39, 0.29) is 28.5 Å². The molecular weight excluding hydrogens is 276 g/mol. The number of amides is 2. The molecule has 0 radical (unpaired) electrons. The second-order valence-electron chi connectivity index (χ2n) is 3.61. The number of carbonyl (C=O) groups excluding carboxylic acids is 2. The zero-order valence-electron chi connectivity index (χ0n) is 9.68. The average molecular weight is 288 g/mol. The molecule has 4 N–H and O–H groups in total. The Labute approximate surface area is 109 Å². The molecular formula is C10H12N2O6S. The monoisotopic (exact) mass is 288 g/mol. The van der Waals surface area contributed by atoms with Crippen molar-refractivity contribution >= 4 is 27.6 Å². The maximum absolute atomic E-state index is 10.5. The maximum Gasteiger partial charge on any atom is 0.296 e. The number of carbonyl (C=O) groups is 2. The standard InChI is InChI=1S/C6H7NO3S.C4H5NO3/c7-5-3-1-2-4-6(5)11(8,9)10;6-3-1-2-4(7)5(3)8/h1-4H,7H2,(H,8,9,10);8H,1-2H2. The Balaban J connectivity index is 0.000000200. The molecule has 1 aromatic rings. The summed E-state index contributed by atoms with van der Waals surface area (Å²) in [5.74, 6) is -1.01. The van der Waals surface area contributed by atoms with Gasteiger partial charge in [0.05, 0.1) is 5.69 Å². The lowest BCUT2D eigenvalue weighted by atomic mass is 10.3. The normalized spacial score (nSPS) is 15.2. The SMILES string of the molecule is Nc1ccccc1S(=O)(=O)O.O=C1CCC(=O)N1O. The maximum atomic E-state index is 10.5. The highest BCUT2D eigenvalue weighted by atomic mass is 32.2. The number of nitrogens with two attached hydrogens (primary N) is 1. The molecule has 8 nitrogen and oxygen atoms in total. The van der Waals surface area contributed by atoms with E-state index in [1.54, 1.807) is 6.07 Å². The van der Waals surface area contributed by atoms with Gasteiger partial charge in [0, 0.05) is 12.8 Å². The van der Waals surface area contributed by atoms with Crippen LogP contribution in [0.3, 0.4) is 0 Å². The fraction of sp³-hybridized carbons (Fsp3) is 0.200. The highest BCUT2D eigenvalue weighted by Crippen LogP contribution is 2.15. The fourth-order valence-electron chi connectivity index (χ4n) is 1.28. The van der Waals surface area contributed by atoms with Crippen molar-refractivity contribution in [2.24, 2.45) is 0 Å². The van der Waals surface area contributed by atoms with Crippen LogP contribution in [0.2, 0.25) is 0 Å². The predicted octanol–water partition coefficient (Wildman–Crippen LogP) is 0.0401. The van der Waals surface area contributed by atoms with Crippen LogP contribution >= 0.6 is 0 Å². The largest absolute Gasteiger partial charge is 0.398 e. The molecule has 0 bridgehead atoms. The number of anilines is 1. The van der Waals surface area contributed by atoms with E-state index in [4.69, 9.17) is 15.5 Å². The quantitative estimate of drug-likeness (QED) is 0.287. The van der Waals surface area contributed by atoms with E-state index in [1.165, 1.54) is 18.2 Å². The molecule has 19 heavy (non-hydrogen) atoms. The third-order valence-corrected chi connectivity index (χ3v) is 3.15. The first-order valence-electron chi connectivity index (χ1n) is 5.10. The summed E-state index contributed by atoms with van der Waals surface area (Å²) in [7, 11) is -4.16. The number of hydrogen-bond donors (Lipinski definition) is 3. The van der Waals surface area contributed by atoms with Crippen LogP contribution in [-0.2, 0) is 19.7 Å². The lowest BCUT2D eigenvalue weighted by molar-refractivity contribution is -0.171. The van der Waals surface area contributed by atoms with E-state index in [0.717, 1.165) is 0 Å². The summed E-state index contributed by atoms with van der Waals surface area (Å²) in [6.45, 7) is 0. The van der Waals surface area contributed by atoms with Crippen LogP contribution in [0.4, 0.5) is 5.69 Å². The minimum Gasteiger partial charge on any atom is -0.398 e. The minimum absolute atomic E-state index is 0.0509. The van der Waals surface area contributed by atoms with Gasteiger partial charge in [-0.2, -0.15) is 13.5 Å².